The molecule has 2 N–H and O–H groups in total. The third-order valence-electron chi connectivity index (χ3n) is 4.17. The Bertz CT molecular complexity index is 745. The number of hydrogen-bond acceptors (Lipinski definition) is 3. The summed E-state index contributed by atoms with van der Waals surface area (Å²) >= 11 is 0. The average Bonchev–Trinajstić information content (AvgIpc) is 3.17. The number of amides is 2. The molecule has 2 amide bonds. The molecule has 25 heavy (non-hydrogen) atoms. The second-order valence-corrected chi connectivity index (χ2v) is 7.76. The van der Waals surface area contributed by atoms with Gasteiger partial charge in [0.25, 0.3) is 5.91 Å². The van der Waals surface area contributed by atoms with Crippen molar-refractivity contribution < 1.29 is 9.59 Å². The minimum atomic E-state index is -0.147. The Morgan fingerprint density at radius 3 is 2.60 bits per heavy atom. The van der Waals surface area contributed by atoms with Crippen molar-refractivity contribution in [3.05, 3.63) is 42.1 Å². The van der Waals surface area contributed by atoms with Crippen LogP contribution in [0, 0.1) is 5.41 Å². The van der Waals surface area contributed by atoms with Crippen LogP contribution in [0.25, 0.3) is 11.3 Å². The molecule has 1 aliphatic rings. The van der Waals surface area contributed by atoms with Crippen LogP contribution < -0.4 is 5.32 Å². The molecule has 2 heterocycles. The lowest BCUT2D eigenvalue weighted by atomic mass is 9.96. The molecule has 1 aromatic heterocycles. The Balaban J connectivity index is 1.60. The Hall–Kier alpha value is -2.63. The van der Waals surface area contributed by atoms with Crippen LogP contribution in [0.1, 0.15) is 37.6 Å². The van der Waals surface area contributed by atoms with Gasteiger partial charge in [0, 0.05) is 31.3 Å². The normalized spacial score (nSPS) is 17.8. The summed E-state index contributed by atoms with van der Waals surface area (Å²) in [5.41, 5.74) is 2.52. The van der Waals surface area contributed by atoms with Crippen molar-refractivity contribution in [3.63, 3.8) is 0 Å². The van der Waals surface area contributed by atoms with Crippen LogP contribution in [0.4, 0.5) is 0 Å². The van der Waals surface area contributed by atoms with Crippen molar-refractivity contribution in [2.45, 2.75) is 33.2 Å². The summed E-state index contributed by atoms with van der Waals surface area (Å²) in [6.07, 6.45) is 2.06. The van der Waals surface area contributed by atoms with Crippen molar-refractivity contribution in [1.29, 1.82) is 0 Å². The molecule has 1 aliphatic heterocycles. The van der Waals surface area contributed by atoms with Crippen molar-refractivity contribution in [2.75, 3.05) is 13.1 Å². The SMILES string of the molecule is CC(C)(C)CN1CC(NC(=O)c2ccc(-c3ccn[nH]3)cc2)CC1=O. The molecule has 132 valence electrons. The number of aromatic nitrogens is 2. The predicted octanol–water partition coefficient (Wildman–Crippen LogP) is 2.45. The lowest BCUT2D eigenvalue weighted by molar-refractivity contribution is -0.128. The highest BCUT2D eigenvalue weighted by Crippen LogP contribution is 2.21. The second kappa shape index (κ2) is 6.70. The molecule has 0 saturated carbocycles. The largest absolute Gasteiger partial charge is 0.347 e. The summed E-state index contributed by atoms with van der Waals surface area (Å²) in [7, 11) is 0. The molecule has 1 fully saturated rings. The minimum absolute atomic E-state index is 0.0526. The Morgan fingerprint density at radius 1 is 1.28 bits per heavy atom. The maximum atomic E-state index is 12.4. The van der Waals surface area contributed by atoms with E-state index in [1.54, 1.807) is 18.3 Å². The van der Waals surface area contributed by atoms with Gasteiger partial charge in [-0.25, -0.2) is 0 Å². The third-order valence-corrected chi connectivity index (χ3v) is 4.17. The summed E-state index contributed by atoms with van der Waals surface area (Å²) in [6, 6.07) is 9.09. The molecule has 0 bridgehead atoms. The zero-order valence-corrected chi connectivity index (χ0v) is 14.9. The highest BCUT2D eigenvalue weighted by Gasteiger charge is 2.32. The van der Waals surface area contributed by atoms with Gasteiger partial charge in [0.2, 0.25) is 5.91 Å². The van der Waals surface area contributed by atoms with E-state index in [9.17, 15) is 9.59 Å². The Kier molecular flexibility index (Phi) is 4.61. The van der Waals surface area contributed by atoms with E-state index in [2.05, 4.69) is 36.3 Å². The number of carbonyl (C=O) groups is 2. The van der Waals surface area contributed by atoms with Crippen LogP contribution in [0.5, 0.6) is 0 Å². The molecule has 1 unspecified atom stereocenters. The number of H-pyrrole nitrogens is 1. The summed E-state index contributed by atoms with van der Waals surface area (Å²) in [5, 5.41) is 9.79. The molecule has 6 heteroatoms. The first kappa shape index (κ1) is 17.2. The van der Waals surface area contributed by atoms with Gasteiger partial charge in [-0.15, -0.1) is 0 Å². The average molecular weight is 340 g/mol. The highest BCUT2D eigenvalue weighted by atomic mass is 16.2. The van der Waals surface area contributed by atoms with Gasteiger partial charge >= 0.3 is 0 Å². The third kappa shape index (κ3) is 4.26. The number of benzene rings is 1. The molecule has 2 aromatic rings. The summed E-state index contributed by atoms with van der Waals surface area (Å²) in [5.74, 6) is -0.0404. The fourth-order valence-electron chi connectivity index (χ4n) is 3.08. The van der Waals surface area contributed by atoms with E-state index in [1.807, 2.05) is 23.1 Å². The number of rotatable bonds is 4. The van der Waals surface area contributed by atoms with Gasteiger partial charge in [-0.05, 0) is 29.2 Å². The molecule has 6 nitrogen and oxygen atoms in total. The first-order valence-electron chi connectivity index (χ1n) is 8.50. The molecule has 1 saturated heterocycles. The van der Waals surface area contributed by atoms with E-state index in [0.29, 0.717) is 25.1 Å². The van der Waals surface area contributed by atoms with E-state index in [4.69, 9.17) is 0 Å². The van der Waals surface area contributed by atoms with E-state index in [0.717, 1.165) is 11.3 Å². The van der Waals surface area contributed by atoms with Crippen LogP contribution in [0.3, 0.4) is 0 Å². The van der Waals surface area contributed by atoms with Crippen LogP contribution in [-0.2, 0) is 4.79 Å². The van der Waals surface area contributed by atoms with Gasteiger partial charge in [0.15, 0.2) is 0 Å². The van der Waals surface area contributed by atoms with Crippen molar-refractivity contribution >= 4 is 11.8 Å². The van der Waals surface area contributed by atoms with Gasteiger partial charge in [0.05, 0.1) is 11.7 Å². The predicted molar refractivity (Wildman–Crippen MR) is 95.9 cm³/mol. The topological polar surface area (TPSA) is 78.1 Å². The van der Waals surface area contributed by atoms with Gasteiger partial charge < -0.3 is 10.2 Å². The number of hydrogen-bond donors (Lipinski definition) is 2. The molecule has 0 aliphatic carbocycles. The second-order valence-electron chi connectivity index (χ2n) is 7.76. The highest BCUT2D eigenvalue weighted by molar-refractivity contribution is 5.95. The first-order valence-corrected chi connectivity index (χ1v) is 8.50. The maximum Gasteiger partial charge on any atom is 0.251 e. The summed E-state index contributed by atoms with van der Waals surface area (Å²) in [6.45, 7) is 7.60. The molecular weight excluding hydrogens is 316 g/mol. The number of likely N-dealkylation sites (tertiary alicyclic amines) is 1. The van der Waals surface area contributed by atoms with Crippen LogP contribution in [-0.4, -0.2) is 46.0 Å². The van der Waals surface area contributed by atoms with Crippen LogP contribution in [0.2, 0.25) is 0 Å². The van der Waals surface area contributed by atoms with Gasteiger partial charge in [0.1, 0.15) is 0 Å². The lowest BCUT2D eigenvalue weighted by Gasteiger charge is -2.26. The molecule has 0 radical (unpaired) electrons. The summed E-state index contributed by atoms with van der Waals surface area (Å²) in [4.78, 5) is 26.4. The zero-order valence-electron chi connectivity index (χ0n) is 14.9. The quantitative estimate of drug-likeness (QED) is 0.897. The Labute approximate surface area is 147 Å². The Morgan fingerprint density at radius 2 is 2.00 bits per heavy atom. The zero-order chi connectivity index (χ0) is 18.0. The van der Waals surface area contributed by atoms with E-state index in [-0.39, 0.29) is 23.3 Å². The summed E-state index contributed by atoms with van der Waals surface area (Å²) < 4.78 is 0. The fourth-order valence-corrected chi connectivity index (χ4v) is 3.08. The molecular formula is C19H24N4O2. The number of aromatic amines is 1. The van der Waals surface area contributed by atoms with E-state index >= 15 is 0 Å². The van der Waals surface area contributed by atoms with Gasteiger partial charge in [-0.2, -0.15) is 5.10 Å². The fraction of sp³-hybridized carbons (Fsp3) is 0.421. The van der Waals surface area contributed by atoms with Gasteiger partial charge in [-0.1, -0.05) is 32.9 Å². The molecule has 1 aromatic carbocycles. The number of nitrogens with zero attached hydrogens (tertiary/aromatic N) is 2. The maximum absolute atomic E-state index is 12.4. The van der Waals surface area contributed by atoms with Crippen molar-refractivity contribution in [1.82, 2.24) is 20.4 Å². The monoisotopic (exact) mass is 340 g/mol. The van der Waals surface area contributed by atoms with E-state index < -0.39 is 0 Å². The van der Waals surface area contributed by atoms with Crippen LogP contribution >= 0.6 is 0 Å². The number of carbonyl (C=O) groups excluding carboxylic acids is 2. The smallest absolute Gasteiger partial charge is 0.251 e. The molecule has 3 rings (SSSR count). The molecule has 0 spiro atoms. The van der Waals surface area contributed by atoms with E-state index in [1.165, 1.54) is 0 Å². The lowest BCUT2D eigenvalue weighted by Crippen LogP contribution is -2.39. The van der Waals surface area contributed by atoms with Crippen molar-refractivity contribution in [3.8, 4) is 11.3 Å². The number of nitrogens with one attached hydrogen (secondary N) is 2. The van der Waals surface area contributed by atoms with Crippen LogP contribution in [0.15, 0.2) is 36.5 Å². The first-order chi connectivity index (χ1) is 11.8. The van der Waals surface area contributed by atoms with Gasteiger partial charge in [-0.3, -0.25) is 14.7 Å². The standard InChI is InChI=1S/C19H24N4O2/c1-19(2,3)12-23-11-15(10-17(23)24)21-18(25)14-6-4-13(5-7-14)16-8-9-20-22-16/h4-9,15H,10-12H2,1-3H3,(H,20,22)(H,21,25). The molecule has 1 atom stereocenters. The van der Waals surface area contributed by atoms with Crippen molar-refractivity contribution in [2.24, 2.45) is 5.41 Å². The minimum Gasteiger partial charge on any atom is -0.347 e.